The Balaban J connectivity index is 2.35. The largest absolute Gasteiger partial charge is 0.342 e. The summed E-state index contributed by atoms with van der Waals surface area (Å²) >= 11 is 0. The van der Waals surface area contributed by atoms with Crippen molar-refractivity contribution in [3.8, 4) is 0 Å². The third-order valence-electron chi connectivity index (χ3n) is 3.61. The van der Waals surface area contributed by atoms with Crippen LogP contribution in [0, 0.1) is 11.8 Å². The molecule has 0 spiro atoms. The van der Waals surface area contributed by atoms with Crippen LogP contribution in [-0.4, -0.2) is 54.5 Å². The van der Waals surface area contributed by atoms with Gasteiger partial charge in [0.05, 0.1) is 0 Å². The fourth-order valence-electron chi connectivity index (χ4n) is 2.52. The van der Waals surface area contributed by atoms with E-state index in [0.717, 1.165) is 32.5 Å². The molecule has 5 nitrogen and oxygen atoms in total. The van der Waals surface area contributed by atoms with Crippen molar-refractivity contribution >= 4 is 11.9 Å². The van der Waals surface area contributed by atoms with Gasteiger partial charge in [-0.1, -0.05) is 27.7 Å². The lowest BCUT2D eigenvalue weighted by atomic mass is 10.0. The summed E-state index contributed by atoms with van der Waals surface area (Å²) in [6.45, 7) is 10.3. The molecular weight excluding hydrogens is 254 g/mol. The van der Waals surface area contributed by atoms with Gasteiger partial charge in [0, 0.05) is 38.6 Å². The van der Waals surface area contributed by atoms with E-state index in [2.05, 4.69) is 19.2 Å². The highest BCUT2D eigenvalue weighted by atomic mass is 16.2. The highest BCUT2D eigenvalue weighted by molar-refractivity contribution is 5.78. The van der Waals surface area contributed by atoms with Gasteiger partial charge in [-0.2, -0.15) is 0 Å². The van der Waals surface area contributed by atoms with E-state index in [9.17, 15) is 9.59 Å². The van der Waals surface area contributed by atoms with E-state index in [1.165, 1.54) is 0 Å². The summed E-state index contributed by atoms with van der Waals surface area (Å²) in [5.41, 5.74) is 0. The molecular formula is C15H29N3O2. The van der Waals surface area contributed by atoms with E-state index in [0.29, 0.717) is 5.92 Å². The van der Waals surface area contributed by atoms with Crippen molar-refractivity contribution < 1.29 is 9.59 Å². The highest BCUT2D eigenvalue weighted by Gasteiger charge is 2.25. The lowest BCUT2D eigenvalue weighted by molar-refractivity contribution is -0.135. The Morgan fingerprint density at radius 3 is 2.20 bits per heavy atom. The van der Waals surface area contributed by atoms with Gasteiger partial charge in [-0.3, -0.25) is 4.79 Å². The quantitative estimate of drug-likeness (QED) is 0.857. The summed E-state index contributed by atoms with van der Waals surface area (Å²) in [5, 5.41) is 3.06. The average molecular weight is 283 g/mol. The van der Waals surface area contributed by atoms with Crippen molar-refractivity contribution in [1.82, 2.24) is 15.1 Å². The van der Waals surface area contributed by atoms with Gasteiger partial charge in [0.15, 0.2) is 0 Å². The first-order chi connectivity index (χ1) is 9.31. The van der Waals surface area contributed by atoms with Crippen molar-refractivity contribution in [2.45, 2.75) is 46.6 Å². The van der Waals surface area contributed by atoms with Crippen molar-refractivity contribution in [1.29, 1.82) is 0 Å². The third-order valence-corrected chi connectivity index (χ3v) is 3.61. The molecule has 0 radical (unpaired) electrons. The van der Waals surface area contributed by atoms with E-state index in [-0.39, 0.29) is 23.9 Å². The van der Waals surface area contributed by atoms with Crippen LogP contribution in [0.4, 0.5) is 4.79 Å². The first-order valence-corrected chi connectivity index (χ1v) is 7.61. The van der Waals surface area contributed by atoms with Crippen LogP contribution in [0.25, 0.3) is 0 Å². The van der Waals surface area contributed by atoms with Gasteiger partial charge in [0.1, 0.15) is 0 Å². The van der Waals surface area contributed by atoms with Crippen LogP contribution in [-0.2, 0) is 4.79 Å². The normalized spacial score (nSPS) is 16.6. The van der Waals surface area contributed by atoms with Crippen molar-refractivity contribution in [3.05, 3.63) is 0 Å². The number of rotatable bonds is 4. The first kappa shape index (κ1) is 16.8. The molecule has 0 aromatic rings. The number of piperidine rings is 1. The molecule has 1 fully saturated rings. The molecule has 5 heteroatoms. The first-order valence-electron chi connectivity index (χ1n) is 7.61. The summed E-state index contributed by atoms with van der Waals surface area (Å²) < 4.78 is 0. The number of nitrogens with zero attached hydrogens (tertiary/aromatic N) is 2. The van der Waals surface area contributed by atoms with Crippen molar-refractivity contribution in [2.24, 2.45) is 11.8 Å². The highest BCUT2D eigenvalue weighted by Crippen LogP contribution is 2.13. The number of amides is 3. The van der Waals surface area contributed by atoms with E-state index in [1.807, 2.05) is 25.8 Å². The zero-order chi connectivity index (χ0) is 15.3. The molecule has 116 valence electrons. The molecule has 0 aromatic carbocycles. The number of likely N-dealkylation sites (tertiary alicyclic amines) is 1. The van der Waals surface area contributed by atoms with Gasteiger partial charge in [0.25, 0.3) is 0 Å². The molecule has 0 unspecified atom stereocenters. The molecule has 0 atom stereocenters. The zero-order valence-electron chi connectivity index (χ0n) is 13.5. The maximum Gasteiger partial charge on any atom is 0.317 e. The fourth-order valence-corrected chi connectivity index (χ4v) is 2.52. The van der Waals surface area contributed by atoms with Gasteiger partial charge >= 0.3 is 6.03 Å². The minimum atomic E-state index is -0.00710. The molecule has 0 saturated carbocycles. The molecule has 0 bridgehead atoms. The van der Waals surface area contributed by atoms with Crippen molar-refractivity contribution in [2.75, 3.05) is 26.7 Å². The molecule has 1 rings (SSSR count). The maximum absolute atomic E-state index is 12.0. The van der Waals surface area contributed by atoms with Crippen LogP contribution < -0.4 is 5.32 Å². The summed E-state index contributed by atoms with van der Waals surface area (Å²) in [5.74, 6) is 0.737. The zero-order valence-corrected chi connectivity index (χ0v) is 13.5. The molecule has 1 aliphatic rings. The van der Waals surface area contributed by atoms with Gasteiger partial charge in [0.2, 0.25) is 5.91 Å². The van der Waals surface area contributed by atoms with Crippen LogP contribution in [0.3, 0.4) is 0 Å². The second-order valence-corrected chi connectivity index (χ2v) is 6.48. The van der Waals surface area contributed by atoms with E-state index >= 15 is 0 Å². The van der Waals surface area contributed by atoms with Gasteiger partial charge < -0.3 is 15.1 Å². The van der Waals surface area contributed by atoms with Crippen LogP contribution in [0.15, 0.2) is 0 Å². The summed E-state index contributed by atoms with van der Waals surface area (Å²) in [6.07, 6.45) is 1.69. The third kappa shape index (κ3) is 5.02. The maximum atomic E-state index is 12.0. The summed E-state index contributed by atoms with van der Waals surface area (Å²) in [4.78, 5) is 27.5. The smallest absolute Gasteiger partial charge is 0.317 e. The standard InChI is InChI=1S/C15H29N3O2/c1-11(2)10-17(5)15(20)16-13-6-8-18(9-7-13)14(19)12(3)4/h11-13H,6-10H2,1-5H3,(H,16,20). The Kier molecular flexibility index (Phi) is 6.30. The Morgan fingerprint density at radius 2 is 1.75 bits per heavy atom. The number of nitrogens with one attached hydrogen (secondary N) is 1. The molecule has 1 aliphatic heterocycles. The predicted octanol–water partition coefficient (Wildman–Crippen LogP) is 1.93. The number of urea groups is 1. The molecule has 1 heterocycles. The summed E-state index contributed by atoms with van der Waals surface area (Å²) in [6, 6.07) is 0.181. The molecule has 20 heavy (non-hydrogen) atoms. The Morgan fingerprint density at radius 1 is 1.20 bits per heavy atom. The minimum absolute atomic E-state index is 0.00710. The monoisotopic (exact) mass is 283 g/mol. The average Bonchev–Trinajstić information content (AvgIpc) is 2.37. The molecule has 1 N–H and O–H groups in total. The van der Waals surface area contributed by atoms with E-state index in [4.69, 9.17) is 0 Å². The second kappa shape index (κ2) is 7.50. The number of hydrogen-bond acceptors (Lipinski definition) is 2. The second-order valence-electron chi connectivity index (χ2n) is 6.48. The topological polar surface area (TPSA) is 52.7 Å². The molecule has 3 amide bonds. The van der Waals surface area contributed by atoms with Gasteiger partial charge in [-0.15, -0.1) is 0 Å². The number of carbonyl (C=O) groups excluding carboxylic acids is 2. The van der Waals surface area contributed by atoms with Crippen LogP contribution in [0.2, 0.25) is 0 Å². The lowest BCUT2D eigenvalue weighted by Gasteiger charge is -2.34. The molecule has 0 aliphatic carbocycles. The van der Waals surface area contributed by atoms with Crippen molar-refractivity contribution in [3.63, 3.8) is 0 Å². The Labute approximate surface area is 122 Å². The van der Waals surface area contributed by atoms with Crippen LogP contribution in [0.5, 0.6) is 0 Å². The molecule has 1 saturated heterocycles. The predicted molar refractivity (Wildman–Crippen MR) is 80.4 cm³/mol. The number of carbonyl (C=O) groups is 2. The molecule has 0 aromatic heterocycles. The number of hydrogen-bond donors (Lipinski definition) is 1. The van der Waals surface area contributed by atoms with E-state index < -0.39 is 0 Å². The minimum Gasteiger partial charge on any atom is -0.342 e. The fraction of sp³-hybridized carbons (Fsp3) is 0.867. The Bertz CT molecular complexity index is 334. The summed E-state index contributed by atoms with van der Waals surface area (Å²) in [7, 11) is 1.83. The SMILES string of the molecule is CC(C)CN(C)C(=O)NC1CCN(C(=O)C(C)C)CC1. The van der Waals surface area contributed by atoms with Gasteiger partial charge in [-0.25, -0.2) is 4.79 Å². The van der Waals surface area contributed by atoms with Crippen LogP contribution in [0.1, 0.15) is 40.5 Å². The van der Waals surface area contributed by atoms with E-state index in [1.54, 1.807) is 4.90 Å². The van der Waals surface area contributed by atoms with Gasteiger partial charge in [-0.05, 0) is 18.8 Å². The Hall–Kier alpha value is -1.26. The van der Waals surface area contributed by atoms with Crippen LogP contribution >= 0.6 is 0 Å². The lowest BCUT2D eigenvalue weighted by Crippen LogP contribution is -2.50.